The molecule has 0 saturated heterocycles. The minimum atomic E-state index is -0.454. The summed E-state index contributed by atoms with van der Waals surface area (Å²) in [6.45, 7) is -0.0133. The molecule has 1 heterocycles. The number of fused-ring (bicyclic) bond motifs is 1. The van der Waals surface area contributed by atoms with E-state index in [1.54, 1.807) is 36.4 Å². The van der Waals surface area contributed by atoms with Gasteiger partial charge in [-0.1, -0.05) is 42.3 Å². The Morgan fingerprint density at radius 2 is 1.82 bits per heavy atom. The maximum absolute atomic E-state index is 13.2. The molecular weight excluding hydrogens is 416 g/mol. The molecule has 6 heteroatoms. The van der Waals surface area contributed by atoms with Crippen LogP contribution in [-0.2, 0) is 11.4 Å². The van der Waals surface area contributed by atoms with E-state index in [-0.39, 0.29) is 24.8 Å². The van der Waals surface area contributed by atoms with Crippen LogP contribution >= 0.6 is 0 Å². The zero-order valence-electron chi connectivity index (χ0n) is 18.1. The predicted molar refractivity (Wildman–Crippen MR) is 127 cm³/mol. The molecule has 0 saturated carbocycles. The standard InChI is InChI=1S/C27H22N2O4/c1-3-19-7-6-10-22(15-19)29(17-26(30)28-2)27(31)25-14-13-24(33-25)18-32-23-12-11-20-8-4-5-9-21(20)16-23/h1,4-16H,17-18H2,2H3,(H,28,30). The average Bonchev–Trinajstić information content (AvgIpc) is 3.34. The quantitative estimate of drug-likeness (QED) is 0.435. The number of nitrogens with zero attached hydrogens (tertiary/aromatic N) is 1. The zero-order chi connectivity index (χ0) is 23.2. The first-order valence-electron chi connectivity index (χ1n) is 10.4. The largest absolute Gasteiger partial charge is 0.486 e. The van der Waals surface area contributed by atoms with Gasteiger partial charge in [-0.2, -0.15) is 0 Å². The number of likely N-dealkylation sites (N-methyl/N-ethyl adjacent to an activating group) is 1. The summed E-state index contributed by atoms with van der Waals surface area (Å²) in [6, 6.07) is 24.0. The molecule has 0 unspecified atom stereocenters. The average molecular weight is 438 g/mol. The molecule has 0 radical (unpaired) electrons. The molecule has 0 atom stereocenters. The lowest BCUT2D eigenvalue weighted by atomic mass is 10.1. The Hall–Kier alpha value is -4.50. The lowest BCUT2D eigenvalue weighted by Crippen LogP contribution is -2.39. The first-order valence-corrected chi connectivity index (χ1v) is 10.4. The van der Waals surface area contributed by atoms with Crippen LogP contribution in [0.15, 0.2) is 83.3 Å². The molecule has 4 rings (SSSR count). The van der Waals surface area contributed by atoms with Crippen molar-refractivity contribution < 1.29 is 18.7 Å². The number of ether oxygens (including phenoxy) is 1. The van der Waals surface area contributed by atoms with Crippen LogP contribution in [0.1, 0.15) is 21.9 Å². The number of carbonyl (C=O) groups excluding carboxylic acids is 2. The molecule has 0 fully saturated rings. The highest BCUT2D eigenvalue weighted by Crippen LogP contribution is 2.23. The van der Waals surface area contributed by atoms with Gasteiger partial charge >= 0.3 is 0 Å². The van der Waals surface area contributed by atoms with E-state index in [1.165, 1.54) is 11.9 Å². The molecule has 0 bridgehead atoms. The molecule has 2 amide bonds. The Labute approximate surface area is 191 Å². The summed E-state index contributed by atoms with van der Waals surface area (Å²) in [5.41, 5.74) is 1.11. The van der Waals surface area contributed by atoms with E-state index < -0.39 is 5.91 Å². The minimum absolute atomic E-state index is 0.0992. The molecule has 0 aliphatic rings. The molecule has 3 aromatic carbocycles. The lowest BCUT2D eigenvalue weighted by molar-refractivity contribution is -0.119. The van der Waals surface area contributed by atoms with Gasteiger partial charge in [-0.05, 0) is 53.2 Å². The maximum Gasteiger partial charge on any atom is 0.294 e. The number of hydrogen-bond acceptors (Lipinski definition) is 4. The lowest BCUT2D eigenvalue weighted by Gasteiger charge is -2.21. The molecule has 6 nitrogen and oxygen atoms in total. The van der Waals surface area contributed by atoms with Gasteiger partial charge in [0, 0.05) is 18.3 Å². The normalized spacial score (nSPS) is 10.4. The highest BCUT2D eigenvalue weighted by Gasteiger charge is 2.23. The fraction of sp³-hybridized carbons (Fsp3) is 0.111. The van der Waals surface area contributed by atoms with Gasteiger partial charge < -0.3 is 14.5 Å². The second-order valence-electron chi connectivity index (χ2n) is 7.32. The van der Waals surface area contributed by atoms with Gasteiger partial charge in [-0.15, -0.1) is 6.42 Å². The van der Waals surface area contributed by atoms with Crippen LogP contribution in [0.3, 0.4) is 0 Å². The third-order valence-electron chi connectivity index (χ3n) is 5.12. The van der Waals surface area contributed by atoms with Crippen LogP contribution < -0.4 is 15.0 Å². The minimum Gasteiger partial charge on any atom is -0.486 e. The number of rotatable bonds is 7. The molecule has 0 aliphatic carbocycles. The van der Waals surface area contributed by atoms with Crippen molar-refractivity contribution in [2.45, 2.75) is 6.61 Å². The molecule has 0 aliphatic heterocycles. The third kappa shape index (κ3) is 5.05. The predicted octanol–water partition coefficient (Wildman–Crippen LogP) is 4.39. The topological polar surface area (TPSA) is 71.8 Å². The van der Waals surface area contributed by atoms with Gasteiger partial charge in [-0.25, -0.2) is 0 Å². The molecule has 33 heavy (non-hydrogen) atoms. The van der Waals surface area contributed by atoms with Crippen LogP contribution in [-0.4, -0.2) is 25.4 Å². The van der Waals surface area contributed by atoms with Gasteiger partial charge in [0.2, 0.25) is 5.91 Å². The second kappa shape index (κ2) is 9.75. The Balaban J connectivity index is 1.51. The first kappa shape index (κ1) is 21.7. The van der Waals surface area contributed by atoms with E-state index in [9.17, 15) is 9.59 Å². The summed E-state index contributed by atoms with van der Waals surface area (Å²) in [4.78, 5) is 26.6. The van der Waals surface area contributed by atoms with Crippen LogP contribution in [0.5, 0.6) is 5.75 Å². The molecule has 164 valence electrons. The number of nitrogens with one attached hydrogen (secondary N) is 1. The number of hydrogen-bond donors (Lipinski definition) is 1. The van der Waals surface area contributed by atoms with Crippen molar-refractivity contribution >= 4 is 28.3 Å². The van der Waals surface area contributed by atoms with Gasteiger partial charge in [-0.3, -0.25) is 14.5 Å². The van der Waals surface area contributed by atoms with Crippen molar-refractivity contribution in [3.63, 3.8) is 0 Å². The van der Waals surface area contributed by atoms with E-state index in [0.717, 1.165) is 10.8 Å². The molecule has 4 aromatic rings. The number of benzene rings is 3. The monoisotopic (exact) mass is 438 g/mol. The van der Waals surface area contributed by atoms with Crippen LogP contribution in [0.25, 0.3) is 10.8 Å². The number of furan rings is 1. The van der Waals surface area contributed by atoms with Crippen molar-refractivity contribution in [1.82, 2.24) is 5.32 Å². The SMILES string of the molecule is C#Cc1cccc(N(CC(=O)NC)C(=O)c2ccc(COc3ccc4ccccc4c3)o2)c1. The smallest absolute Gasteiger partial charge is 0.294 e. The summed E-state index contributed by atoms with van der Waals surface area (Å²) in [5.74, 6) is 3.05. The van der Waals surface area contributed by atoms with Crippen molar-refractivity contribution in [2.75, 3.05) is 18.5 Å². The molecule has 1 aromatic heterocycles. The number of carbonyl (C=O) groups is 2. The number of anilines is 1. The van der Waals surface area contributed by atoms with Gasteiger partial charge in [0.15, 0.2) is 5.76 Å². The Bertz CT molecular complexity index is 1350. The Morgan fingerprint density at radius 3 is 2.61 bits per heavy atom. The highest BCUT2D eigenvalue weighted by atomic mass is 16.5. The van der Waals surface area contributed by atoms with Gasteiger partial charge in [0.1, 0.15) is 24.7 Å². The fourth-order valence-corrected chi connectivity index (χ4v) is 3.38. The first-order chi connectivity index (χ1) is 16.1. The van der Waals surface area contributed by atoms with E-state index in [2.05, 4.69) is 11.2 Å². The number of amides is 2. The summed E-state index contributed by atoms with van der Waals surface area (Å²) in [6.07, 6.45) is 5.48. The second-order valence-corrected chi connectivity index (χ2v) is 7.32. The van der Waals surface area contributed by atoms with Crippen molar-refractivity contribution in [3.05, 3.63) is 95.9 Å². The Morgan fingerprint density at radius 1 is 1.00 bits per heavy atom. The van der Waals surface area contributed by atoms with Crippen LogP contribution in [0, 0.1) is 12.3 Å². The van der Waals surface area contributed by atoms with Crippen molar-refractivity contribution in [3.8, 4) is 18.1 Å². The van der Waals surface area contributed by atoms with Gasteiger partial charge in [0.25, 0.3) is 5.91 Å². The molecular formula is C27H22N2O4. The van der Waals surface area contributed by atoms with Gasteiger partial charge in [0.05, 0.1) is 0 Å². The van der Waals surface area contributed by atoms with E-state index in [1.807, 2.05) is 42.5 Å². The highest BCUT2D eigenvalue weighted by molar-refractivity contribution is 6.07. The zero-order valence-corrected chi connectivity index (χ0v) is 18.1. The summed E-state index contributed by atoms with van der Waals surface area (Å²) in [5, 5.41) is 4.73. The summed E-state index contributed by atoms with van der Waals surface area (Å²) >= 11 is 0. The van der Waals surface area contributed by atoms with E-state index in [0.29, 0.717) is 22.8 Å². The molecule has 1 N–H and O–H groups in total. The van der Waals surface area contributed by atoms with Crippen molar-refractivity contribution in [2.24, 2.45) is 0 Å². The van der Waals surface area contributed by atoms with Crippen LogP contribution in [0.4, 0.5) is 5.69 Å². The summed E-state index contributed by atoms with van der Waals surface area (Å²) in [7, 11) is 1.51. The molecule has 0 spiro atoms. The van der Waals surface area contributed by atoms with E-state index in [4.69, 9.17) is 15.6 Å². The third-order valence-corrected chi connectivity index (χ3v) is 5.12. The number of terminal acetylenes is 1. The van der Waals surface area contributed by atoms with Crippen molar-refractivity contribution in [1.29, 1.82) is 0 Å². The Kier molecular flexibility index (Phi) is 6.42. The van der Waals surface area contributed by atoms with Crippen LogP contribution in [0.2, 0.25) is 0 Å². The summed E-state index contributed by atoms with van der Waals surface area (Å²) < 4.78 is 11.6. The van der Waals surface area contributed by atoms with E-state index >= 15 is 0 Å². The maximum atomic E-state index is 13.2. The fourth-order valence-electron chi connectivity index (χ4n) is 3.38.